The number of benzene rings is 2. The van der Waals surface area contributed by atoms with E-state index in [-0.39, 0.29) is 5.91 Å². The fourth-order valence-corrected chi connectivity index (χ4v) is 2.72. The van der Waals surface area contributed by atoms with E-state index in [1.807, 2.05) is 49.4 Å². The summed E-state index contributed by atoms with van der Waals surface area (Å²) in [6.07, 6.45) is 0.488. The molecule has 0 aromatic heterocycles. The van der Waals surface area contributed by atoms with Crippen LogP contribution in [-0.4, -0.2) is 11.7 Å². The first-order chi connectivity index (χ1) is 10.0. The molecule has 1 amide bonds. The third kappa shape index (κ3) is 4.83. The first-order valence-corrected chi connectivity index (χ1v) is 7.88. The Kier molecular flexibility index (Phi) is 5.28. The molecule has 0 atom stereocenters. The molecule has 0 aliphatic carbocycles. The highest BCUT2D eigenvalue weighted by Gasteiger charge is 2.04. The van der Waals surface area contributed by atoms with Crippen molar-refractivity contribution in [2.24, 2.45) is 0 Å². The number of nitrogens with one attached hydrogen (secondary N) is 1. The summed E-state index contributed by atoms with van der Waals surface area (Å²) >= 11 is 1.66. The van der Waals surface area contributed by atoms with E-state index in [0.717, 1.165) is 22.0 Å². The number of thioether (sulfide) groups is 1. The van der Waals surface area contributed by atoms with Gasteiger partial charge in [-0.05, 0) is 61.4 Å². The van der Waals surface area contributed by atoms with Crippen molar-refractivity contribution >= 4 is 29.0 Å². The molecule has 0 radical (unpaired) electrons. The first-order valence-electron chi connectivity index (χ1n) is 6.90. The van der Waals surface area contributed by atoms with E-state index < -0.39 is 0 Å². The summed E-state index contributed by atoms with van der Waals surface area (Å²) in [5.74, 6) is 0.793. The lowest BCUT2D eigenvalue weighted by atomic mass is 10.1. The standard InChI is InChI=1S/C17H20N2OS/c1-12-3-6-15(11-13(12)2)19-17(20)9-10-21-16-7-4-14(18)5-8-16/h3-8,11H,9-10,18H2,1-2H3,(H,19,20). The zero-order valence-corrected chi connectivity index (χ0v) is 13.2. The van der Waals surface area contributed by atoms with Gasteiger partial charge in [0.2, 0.25) is 5.91 Å². The molecule has 21 heavy (non-hydrogen) atoms. The third-order valence-electron chi connectivity index (χ3n) is 3.27. The lowest BCUT2D eigenvalue weighted by Crippen LogP contribution is -2.12. The van der Waals surface area contributed by atoms with Gasteiger partial charge in [-0.15, -0.1) is 11.8 Å². The topological polar surface area (TPSA) is 55.1 Å². The van der Waals surface area contributed by atoms with Gasteiger partial charge in [-0.1, -0.05) is 6.07 Å². The predicted octanol–water partition coefficient (Wildman–Crippen LogP) is 4.01. The number of carbonyl (C=O) groups excluding carboxylic acids is 1. The van der Waals surface area contributed by atoms with Crippen molar-refractivity contribution in [1.82, 2.24) is 0 Å². The van der Waals surface area contributed by atoms with Crippen molar-refractivity contribution in [2.75, 3.05) is 16.8 Å². The quantitative estimate of drug-likeness (QED) is 0.648. The Morgan fingerprint density at radius 1 is 1.10 bits per heavy atom. The normalized spacial score (nSPS) is 10.4. The highest BCUT2D eigenvalue weighted by molar-refractivity contribution is 7.99. The molecule has 0 saturated carbocycles. The van der Waals surface area contributed by atoms with Crippen molar-refractivity contribution in [2.45, 2.75) is 25.2 Å². The van der Waals surface area contributed by atoms with Gasteiger partial charge in [0, 0.05) is 28.4 Å². The second-order valence-electron chi connectivity index (χ2n) is 5.01. The molecule has 0 saturated heterocycles. The van der Waals surface area contributed by atoms with Gasteiger partial charge in [0.05, 0.1) is 0 Å². The number of hydrogen-bond donors (Lipinski definition) is 2. The summed E-state index contributed by atoms with van der Waals surface area (Å²) in [5.41, 5.74) is 9.67. The smallest absolute Gasteiger partial charge is 0.225 e. The van der Waals surface area contributed by atoms with Crippen LogP contribution in [0.1, 0.15) is 17.5 Å². The van der Waals surface area contributed by atoms with Crippen molar-refractivity contribution in [1.29, 1.82) is 0 Å². The Bertz CT molecular complexity index is 623. The average Bonchev–Trinajstić information content (AvgIpc) is 2.45. The highest BCUT2D eigenvalue weighted by Crippen LogP contribution is 2.20. The van der Waals surface area contributed by atoms with Crippen LogP contribution in [0.3, 0.4) is 0 Å². The number of nitrogen functional groups attached to an aromatic ring is 1. The molecule has 0 fully saturated rings. The molecule has 0 spiro atoms. The van der Waals surface area contributed by atoms with E-state index in [4.69, 9.17) is 5.73 Å². The molecule has 2 aromatic rings. The van der Waals surface area contributed by atoms with Gasteiger partial charge in [0.15, 0.2) is 0 Å². The fraction of sp³-hybridized carbons (Fsp3) is 0.235. The fourth-order valence-electron chi connectivity index (χ4n) is 1.87. The van der Waals surface area contributed by atoms with Crippen LogP contribution in [0.2, 0.25) is 0 Å². The summed E-state index contributed by atoms with van der Waals surface area (Å²) in [7, 11) is 0. The summed E-state index contributed by atoms with van der Waals surface area (Å²) < 4.78 is 0. The second kappa shape index (κ2) is 7.18. The molecule has 110 valence electrons. The molecule has 2 aromatic carbocycles. The molecule has 0 unspecified atom stereocenters. The molecule has 0 bridgehead atoms. The Hall–Kier alpha value is -1.94. The van der Waals surface area contributed by atoms with E-state index in [1.54, 1.807) is 11.8 Å². The molecule has 3 nitrogen and oxygen atoms in total. The minimum absolute atomic E-state index is 0.0428. The number of anilines is 2. The first kappa shape index (κ1) is 15.4. The number of hydrogen-bond acceptors (Lipinski definition) is 3. The van der Waals surface area contributed by atoms with Crippen LogP contribution in [0.25, 0.3) is 0 Å². The summed E-state index contributed by atoms with van der Waals surface area (Å²) in [6, 6.07) is 13.7. The van der Waals surface area contributed by atoms with Crippen LogP contribution in [0.15, 0.2) is 47.4 Å². The lowest BCUT2D eigenvalue weighted by Gasteiger charge is -2.07. The average molecular weight is 300 g/mol. The maximum atomic E-state index is 11.9. The van der Waals surface area contributed by atoms with E-state index >= 15 is 0 Å². The molecule has 0 aliphatic rings. The van der Waals surface area contributed by atoms with Gasteiger partial charge in [0.1, 0.15) is 0 Å². The van der Waals surface area contributed by atoms with E-state index in [1.165, 1.54) is 11.1 Å². The SMILES string of the molecule is Cc1ccc(NC(=O)CCSc2ccc(N)cc2)cc1C. The summed E-state index contributed by atoms with van der Waals surface area (Å²) in [5, 5.41) is 2.93. The van der Waals surface area contributed by atoms with Crippen molar-refractivity contribution < 1.29 is 4.79 Å². The molecule has 0 heterocycles. The van der Waals surface area contributed by atoms with Gasteiger partial charge in [-0.25, -0.2) is 0 Å². The second-order valence-corrected chi connectivity index (χ2v) is 6.18. The number of rotatable bonds is 5. The van der Waals surface area contributed by atoms with Crippen LogP contribution < -0.4 is 11.1 Å². The molecule has 2 rings (SSSR count). The van der Waals surface area contributed by atoms with Gasteiger partial charge in [-0.2, -0.15) is 0 Å². The molecular weight excluding hydrogens is 280 g/mol. The molecule has 3 N–H and O–H groups in total. The highest BCUT2D eigenvalue weighted by atomic mass is 32.2. The Morgan fingerprint density at radius 3 is 2.48 bits per heavy atom. The van der Waals surface area contributed by atoms with Gasteiger partial charge >= 0.3 is 0 Å². The molecular formula is C17H20N2OS. The van der Waals surface area contributed by atoms with Crippen molar-refractivity contribution in [3.63, 3.8) is 0 Å². The van der Waals surface area contributed by atoms with E-state index in [2.05, 4.69) is 12.2 Å². The minimum atomic E-state index is 0.0428. The number of aryl methyl sites for hydroxylation is 2. The monoisotopic (exact) mass is 300 g/mol. The van der Waals surface area contributed by atoms with Crippen LogP contribution in [0, 0.1) is 13.8 Å². The maximum absolute atomic E-state index is 11.9. The zero-order chi connectivity index (χ0) is 15.2. The Labute approximate surface area is 129 Å². The van der Waals surface area contributed by atoms with Crippen molar-refractivity contribution in [3.8, 4) is 0 Å². The predicted molar refractivity (Wildman–Crippen MR) is 90.7 cm³/mol. The minimum Gasteiger partial charge on any atom is -0.399 e. The Balaban J connectivity index is 1.79. The van der Waals surface area contributed by atoms with Crippen LogP contribution >= 0.6 is 11.8 Å². The number of nitrogens with two attached hydrogens (primary N) is 1. The molecule has 0 aliphatic heterocycles. The van der Waals surface area contributed by atoms with E-state index in [0.29, 0.717) is 6.42 Å². The Morgan fingerprint density at radius 2 is 1.81 bits per heavy atom. The van der Waals surface area contributed by atoms with Gasteiger partial charge in [-0.3, -0.25) is 4.79 Å². The third-order valence-corrected chi connectivity index (χ3v) is 4.28. The van der Waals surface area contributed by atoms with Crippen molar-refractivity contribution in [3.05, 3.63) is 53.6 Å². The maximum Gasteiger partial charge on any atom is 0.225 e. The summed E-state index contributed by atoms with van der Waals surface area (Å²) in [4.78, 5) is 13.0. The van der Waals surface area contributed by atoms with Crippen LogP contribution in [0.5, 0.6) is 0 Å². The largest absolute Gasteiger partial charge is 0.399 e. The van der Waals surface area contributed by atoms with Gasteiger partial charge in [0.25, 0.3) is 0 Å². The number of carbonyl (C=O) groups is 1. The van der Waals surface area contributed by atoms with Crippen LogP contribution in [0.4, 0.5) is 11.4 Å². The van der Waals surface area contributed by atoms with Crippen LogP contribution in [-0.2, 0) is 4.79 Å². The van der Waals surface area contributed by atoms with Gasteiger partial charge < -0.3 is 11.1 Å². The lowest BCUT2D eigenvalue weighted by molar-refractivity contribution is -0.115. The number of amides is 1. The van der Waals surface area contributed by atoms with E-state index in [9.17, 15) is 4.79 Å². The zero-order valence-electron chi connectivity index (χ0n) is 12.3. The molecule has 4 heteroatoms. The summed E-state index contributed by atoms with van der Waals surface area (Å²) in [6.45, 7) is 4.10.